The highest BCUT2D eigenvalue weighted by Crippen LogP contribution is 2.19. The molecule has 0 aliphatic carbocycles. The quantitative estimate of drug-likeness (QED) is 0.778. The number of benzene rings is 1. The highest BCUT2D eigenvalue weighted by molar-refractivity contribution is 5.95. The number of anilines is 1. The second kappa shape index (κ2) is 5.91. The molecule has 1 aromatic carbocycles. The fraction of sp³-hybridized carbons (Fsp3) is 0.0714. The van der Waals surface area contributed by atoms with Gasteiger partial charge >= 0.3 is 0 Å². The van der Waals surface area contributed by atoms with Gasteiger partial charge in [0, 0.05) is 18.1 Å². The van der Waals surface area contributed by atoms with Crippen LogP contribution in [0.2, 0.25) is 0 Å². The number of hydrogen-bond acceptors (Lipinski definition) is 5. The minimum Gasteiger partial charge on any atom is -0.324 e. The molecule has 2 heterocycles. The molecule has 0 bridgehead atoms. The summed E-state index contributed by atoms with van der Waals surface area (Å²) in [6.45, 7) is 0. The van der Waals surface area contributed by atoms with Gasteiger partial charge in [-0.1, -0.05) is 30.3 Å². The second-order valence-electron chi connectivity index (χ2n) is 4.33. The van der Waals surface area contributed by atoms with Gasteiger partial charge in [0.2, 0.25) is 0 Å². The Balaban J connectivity index is 1.91. The van der Waals surface area contributed by atoms with E-state index in [1.807, 2.05) is 30.3 Å². The van der Waals surface area contributed by atoms with Gasteiger partial charge in [-0.25, -0.2) is 4.68 Å². The van der Waals surface area contributed by atoms with Gasteiger partial charge in [-0.05, 0) is 28.1 Å². The maximum absolute atomic E-state index is 12.6. The molecule has 0 aliphatic rings. The van der Waals surface area contributed by atoms with Crippen molar-refractivity contribution in [1.82, 2.24) is 25.2 Å². The Kier molecular flexibility index (Phi) is 3.64. The Hall–Kier alpha value is -3.09. The van der Waals surface area contributed by atoms with Crippen LogP contribution in [0.25, 0.3) is 0 Å². The van der Waals surface area contributed by atoms with Crippen LogP contribution in [0.4, 0.5) is 5.69 Å². The number of hydrogen-bond donors (Lipinski definition) is 1. The van der Waals surface area contributed by atoms with Gasteiger partial charge in [-0.2, -0.15) is 0 Å². The zero-order chi connectivity index (χ0) is 14.5. The summed E-state index contributed by atoms with van der Waals surface area (Å²) < 4.78 is 1.42. The Labute approximate surface area is 120 Å². The van der Waals surface area contributed by atoms with Crippen LogP contribution in [0.15, 0.2) is 61.2 Å². The molecular formula is C14H12N6O. The van der Waals surface area contributed by atoms with Crippen LogP contribution in [-0.4, -0.2) is 31.1 Å². The Morgan fingerprint density at radius 1 is 1.10 bits per heavy atom. The SMILES string of the molecule is O=C(Nc1ccncc1)[C@H](c1ccccc1)n1cnnn1. The number of carbonyl (C=O) groups is 1. The van der Waals surface area contributed by atoms with Gasteiger partial charge in [0.25, 0.3) is 5.91 Å². The fourth-order valence-electron chi connectivity index (χ4n) is 1.99. The molecule has 0 unspecified atom stereocenters. The molecule has 1 atom stereocenters. The number of tetrazole rings is 1. The molecule has 1 amide bonds. The lowest BCUT2D eigenvalue weighted by atomic mass is 10.1. The summed E-state index contributed by atoms with van der Waals surface area (Å²) in [7, 11) is 0. The monoisotopic (exact) mass is 280 g/mol. The van der Waals surface area contributed by atoms with Crippen molar-refractivity contribution in [1.29, 1.82) is 0 Å². The maximum Gasteiger partial charge on any atom is 0.253 e. The van der Waals surface area contributed by atoms with Crippen molar-refractivity contribution >= 4 is 11.6 Å². The number of aromatic nitrogens is 5. The average Bonchev–Trinajstić information content (AvgIpc) is 3.03. The first-order chi connectivity index (χ1) is 10.3. The van der Waals surface area contributed by atoms with E-state index < -0.39 is 6.04 Å². The molecule has 0 radical (unpaired) electrons. The van der Waals surface area contributed by atoms with Gasteiger partial charge in [0.05, 0.1) is 0 Å². The van der Waals surface area contributed by atoms with Gasteiger partial charge in [-0.15, -0.1) is 5.10 Å². The molecule has 0 aliphatic heterocycles. The summed E-state index contributed by atoms with van der Waals surface area (Å²) >= 11 is 0. The van der Waals surface area contributed by atoms with Crippen LogP contribution in [-0.2, 0) is 4.79 Å². The van der Waals surface area contributed by atoms with Gasteiger partial charge in [-0.3, -0.25) is 9.78 Å². The lowest BCUT2D eigenvalue weighted by Crippen LogP contribution is -2.27. The summed E-state index contributed by atoms with van der Waals surface area (Å²) in [5.74, 6) is -0.222. The molecule has 0 saturated heterocycles. The molecule has 0 fully saturated rings. The molecular weight excluding hydrogens is 268 g/mol. The highest BCUT2D eigenvalue weighted by atomic mass is 16.2. The van der Waals surface area contributed by atoms with Crippen molar-refractivity contribution in [3.63, 3.8) is 0 Å². The third-order valence-electron chi connectivity index (χ3n) is 2.94. The highest BCUT2D eigenvalue weighted by Gasteiger charge is 2.23. The zero-order valence-corrected chi connectivity index (χ0v) is 11.0. The van der Waals surface area contributed by atoms with Crippen LogP contribution < -0.4 is 5.32 Å². The van der Waals surface area contributed by atoms with E-state index in [1.165, 1.54) is 11.0 Å². The maximum atomic E-state index is 12.6. The predicted octanol–water partition coefficient (Wildman–Crippen LogP) is 1.30. The first-order valence-corrected chi connectivity index (χ1v) is 6.33. The lowest BCUT2D eigenvalue weighted by molar-refractivity contribution is -0.118. The molecule has 2 aromatic heterocycles. The predicted molar refractivity (Wildman–Crippen MR) is 75.3 cm³/mol. The molecule has 3 aromatic rings. The van der Waals surface area contributed by atoms with Crippen LogP contribution in [0.3, 0.4) is 0 Å². The minimum atomic E-state index is -0.630. The average molecular weight is 280 g/mol. The standard InChI is InChI=1S/C14H12N6O/c21-14(17-12-6-8-15-9-7-12)13(20-10-16-18-19-20)11-4-2-1-3-5-11/h1-10,13H,(H,15,17,21)/t13-/m0/s1. The zero-order valence-electron chi connectivity index (χ0n) is 11.0. The molecule has 3 rings (SSSR count). The molecule has 0 spiro atoms. The van der Waals surface area contributed by atoms with Crippen LogP contribution in [0.5, 0.6) is 0 Å². The van der Waals surface area contributed by atoms with E-state index in [-0.39, 0.29) is 5.91 Å². The number of carbonyl (C=O) groups excluding carboxylic acids is 1. The summed E-state index contributed by atoms with van der Waals surface area (Å²) in [5, 5.41) is 13.9. The molecule has 104 valence electrons. The lowest BCUT2D eigenvalue weighted by Gasteiger charge is -2.16. The van der Waals surface area contributed by atoms with Gasteiger partial charge in [0.1, 0.15) is 6.33 Å². The first kappa shape index (κ1) is 12.9. The number of nitrogens with one attached hydrogen (secondary N) is 1. The summed E-state index contributed by atoms with van der Waals surface area (Å²) in [6.07, 6.45) is 4.65. The van der Waals surface area contributed by atoms with E-state index >= 15 is 0 Å². The smallest absolute Gasteiger partial charge is 0.253 e. The fourth-order valence-corrected chi connectivity index (χ4v) is 1.99. The number of pyridine rings is 1. The van der Waals surface area contributed by atoms with Crippen molar-refractivity contribution in [2.45, 2.75) is 6.04 Å². The molecule has 21 heavy (non-hydrogen) atoms. The van der Waals surface area contributed by atoms with Crippen LogP contribution in [0.1, 0.15) is 11.6 Å². The summed E-state index contributed by atoms with van der Waals surface area (Å²) in [6, 6.07) is 12.2. The Bertz CT molecular complexity index is 699. The summed E-state index contributed by atoms with van der Waals surface area (Å²) in [4.78, 5) is 16.5. The van der Waals surface area contributed by atoms with E-state index in [1.54, 1.807) is 24.5 Å². The number of rotatable bonds is 4. The Morgan fingerprint density at radius 2 is 1.86 bits per heavy atom. The first-order valence-electron chi connectivity index (χ1n) is 6.33. The van der Waals surface area contributed by atoms with Crippen molar-refractivity contribution in [2.24, 2.45) is 0 Å². The third-order valence-corrected chi connectivity index (χ3v) is 2.94. The largest absolute Gasteiger partial charge is 0.324 e. The van der Waals surface area contributed by atoms with Gasteiger partial charge < -0.3 is 5.32 Å². The van der Waals surface area contributed by atoms with E-state index in [0.29, 0.717) is 5.69 Å². The molecule has 7 heteroatoms. The van der Waals surface area contributed by atoms with E-state index in [4.69, 9.17) is 0 Å². The van der Waals surface area contributed by atoms with Crippen molar-refractivity contribution in [2.75, 3.05) is 5.32 Å². The van der Waals surface area contributed by atoms with Gasteiger partial charge in [0.15, 0.2) is 6.04 Å². The molecule has 7 nitrogen and oxygen atoms in total. The number of amides is 1. The van der Waals surface area contributed by atoms with E-state index in [2.05, 4.69) is 25.8 Å². The van der Waals surface area contributed by atoms with E-state index in [9.17, 15) is 4.79 Å². The second-order valence-corrected chi connectivity index (χ2v) is 4.33. The molecule has 0 saturated carbocycles. The normalized spacial score (nSPS) is 11.8. The van der Waals surface area contributed by atoms with Crippen molar-refractivity contribution in [3.05, 3.63) is 66.7 Å². The minimum absolute atomic E-state index is 0.222. The number of nitrogens with zero attached hydrogens (tertiary/aromatic N) is 5. The van der Waals surface area contributed by atoms with Crippen LogP contribution >= 0.6 is 0 Å². The third kappa shape index (κ3) is 2.92. The molecule has 1 N–H and O–H groups in total. The van der Waals surface area contributed by atoms with E-state index in [0.717, 1.165) is 5.56 Å². The Morgan fingerprint density at radius 3 is 2.52 bits per heavy atom. The topological polar surface area (TPSA) is 85.6 Å². The van der Waals surface area contributed by atoms with Crippen molar-refractivity contribution < 1.29 is 4.79 Å². The summed E-state index contributed by atoms with van der Waals surface area (Å²) in [5.41, 5.74) is 1.47. The van der Waals surface area contributed by atoms with Crippen molar-refractivity contribution in [3.8, 4) is 0 Å². The van der Waals surface area contributed by atoms with Crippen LogP contribution in [0, 0.1) is 0 Å².